The van der Waals surface area contributed by atoms with E-state index in [1.165, 1.54) is 0 Å². The van der Waals surface area contributed by atoms with Crippen molar-refractivity contribution < 1.29 is 4.79 Å². The molecule has 5 aromatic rings. The van der Waals surface area contributed by atoms with Crippen molar-refractivity contribution in [2.75, 3.05) is 0 Å². The van der Waals surface area contributed by atoms with Gasteiger partial charge in [-0.2, -0.15) is 0 Å². The monoisotopic (exact) mass is 465 g/mol. The molecule has 0 saturated carbocycles. The van der Waals surface area contributed by atoms with Crippen LogP contribution in [0.4, 0.5) is 5.82 Å². The molecule has 7 heteroatoms. The van der Waals surface area contributed by atoms with E-state index in [2.05, 4.69) is 38.0 Å². The van der Waals surface area contributed by atoms with E-state index in [1.54, 1.807) is 18.5 Å². The molecule has 166 valence electrons. The largest absolute Gasteiger partial charge is 0.348 e. The Kier molecular flexibility index (Phi) is 5.97. The molecule has 5 rings (SSSR count). The number of pyridine rings is 3. The van der Waals surface area contributed by atoms with E-state index in [0.29, 0.717) is 29.4 Å². The molecule has 0 radical (unpaired) electrons. The van der Waals surface area contributed by atoms with Gasteiger partial charge in [-0.25, -0.2) is 9.98 Å². The molecule has 3 aromatic heterocycles. The van der Waals surface area contributed by atoms with Gasteiger partial charge in [0.25, 0.3) is 5.91 Å². The Morgan fingerprint density at radius 2 is 1.76 bits per heavy atom. The zero-order chi connectivity index (χ0) is 23.5. The molecular weight excluding hydrogens is 446 g/mol. The minimum absolute atomic E-state index is 0.154. The first kappa shape index (κ1) is 21.7. The van der Waals surface area contributed by atoms with Crippen LogP contribution >= 0.6 is 11.6 Å². The molecule has 34 heavy (non-hydrogen) atoms. The van der Waals surface area contributed by atoms with E-state index in [-0.39, 0.29) is 5.91 Å². The molecule has 0 atom stereocenters. The number of aliphatic imine (C=N–C) groups is 1. The number of nitrogens with zero attached hydrogens (tertiary/aromatic N) is 4. The highest BCUT2D eigenvalue weighted by Crippen LogP contribution is 2.24. The lowest BCUT2D eigenvalue weighted by Crippen LogP contribution is -2.23. The Labute approximate surface area is 201 Å². The van der Waals surface area contributed by atoms with Crippen LogP contribution in [0.1, 0.15) is 27.2 Å². The lowest BCUT2D eigenvalue weighted by Gasteiger charge is -2.09. The number of fused-ring (bicyclic) bond motifs is 2. The fourth-order valence-corrected chi connectivity index (χ4v) is 4.06. The summed E-state index contributed by atoms with van der Waals surface area (Å²) in [7, 11) is 0. The van der Waals surface area contributed by atoms with Crippen LogP contribution in [0.2, 0.25) is 5.02 Å². The van der Waals surface area contributed by atoms with Crippen molar-refractivity contribution in [1.82, 2.24) is 20.3 Å². The van der Waals surface area contributed by atoms with E-state index in [1.807, 2.05) is 54.7 Å². The Balaban J connectivity index is 1.28. The second kappa shape index (κ2) is 9.37. The molecule has 0 fully saturated rings. The Hall–Kier alpha value is -4.16. The van der Waals surface area contributed by atoms with Crippen LogP contribution in [0.25, 0.3) is 21.7 Å². The summed E-state index contributed by atoms with van der Waals surface area (Å²) in [6.45, 7) is 3.97. The number of amides is 1. The molecule has 0 aliphatic rings. The summed E-state index contributed by atoms with van der Waals surface area (Å²) in [6, 6.07) is 19.1. The van der Waals surface area contributed by atoms with Crippen LogP contribution in [0.15, 0.2) is 84.2 Å². The summed E-state index contributed by atoms with van der Waals surface area (Å²) in [4.78, 5) is 29.9. The Morgan fingerprint density at radius 1 is 0.912 bits per heavy atom. The molecule has 3 heterocycles. The average molecular weight is 466 g/mol. The fourth-order valence-electron chi connectivity index (χ4n) is 3.89. The third kappa shape index (κ3) is 4.63. The second-order valence-corrected chi connectivity index (χ2v) is 8.36. The fraction of sp³-hybridized carbons (Fsp3) is 0.0741. The Bertz CT molecular complexity index is 1550. The third-order valence-corrected chi connectivity index (χ3v) is 5.81. The lowest BCUT2D eigenvalue weighted by molar-refractivity contribution is 0.0950. The number of aromatic nitrogens is 3. The molecule has 1 N–H and O–H groups in total. The summed E-state index contributed by atoms with van der Waals surface area (Å²) in [5, 5.41) is 6.59. The van der Waals surface area contributed by atoms with E-state index in [0.717, 1.165) is 38.5 Å². The smallest absolute Gasteiger partial charge is 0.251 e. The number of hydrogen-bond donors (Lipinski definition) is 1. The van der Waals surface area contributed by atoms with Crippen molar-refractivity contribution in [3.05, 3.63) is 107 Å². The predicted octanol–water partition coefficient (Wildman–Crippen LogP) is 5.68. The number of hydrogen-bond acceptors (Lipinski definition) is 5. The number of rotatable bonds is 6. The van der Waals surface area contributed by atoms with Gasteiger partial charge in [-0.3, -0.25) is 14.8 Å². The molecule has 2 aromatic carbocycles. The topological polar surface area (TPSA) is 80.1 Å². The number of nitrogens with one attached hydrogen (secondary N) is 1. The SMILES string of the molecule is C=Nc1nccc2cc(CNC(=O)c3ccnc(Cc4cnc5cc(Cl)ccc5c4)c3)ccc12. The molecule has 0 aliphatic carbocycles. The zero-order valence-electron chi connectivity index (χ0n) is 18.2. The van der Waals surface area contributed by atoms with Gasteiger partial charge in [-0.05, 0) is 65.7 Å². The lowest BCUT2D eigenvalue weighted by atomic mass is 10.1. The van der Waals surface area contributed by atoms with Gasteiger partial charge in [0.15, 0.2) is 5.82 Å². The highest BCUT2D eigenvalue weighted by molar-refractivity contribution is 6.31. The molecule has 0 spiro atoms. The standard InChI is InChI=1S/C27H20ClN5O/c1-29-26-24-5-2-17(10-19(24)6-9-31-26)15-33-27(34)21-7-8-30-23(13-21)12-18-11-20-3-4-22(28)14-25(20)32-16-18/h2-11,13-14,16H,1,12,15H2,(H,33,34). The summed E-state index contributed by atoms with van der Waals surface area (Å²) >= 11 is 6.04. The molecule has 0 saturated heterocycles. The van der Waals surface area contributed by atoms with E-state index < -0.39 is 0 Å². The van der Waals surface area contributed by atoms with E-state index in [4.69, 9.17) is 11.6 Å². The van der Waals surface area contributed by atoms with E-state index in [9.17, 15) is 4.79 Å². The van der Waals surface area contributed by atoms with Crippen molar-refractivity contribution in [3.63, 3.8) is 0 Å². The van der Waals surface area contributed by atoms with Gasteiger partial charge < -0.3 is 5.32 Å². The molecular formula is C27H20ClN5O. The van der Waals surface area contributed by atoms with Crippen molar-refractivity contribution in [2.24, 2.45) is 4.99 Å². The number of carbonyl (C=O) groups is 1. The van der Waals surface area contributed by atoms with Crippen molar-refractivity contribution in [3.8, 4) is 0 Å². The first-order valence-corrected chi connectivity index (χ1v) is 11.1. The van der Waals surface area contributed by atoms with Crippen LogP contribution in [0.5, 0.6) is 0 Å². The quantitative estimate of drug-likeness (QED) is 0.327. The summed E-state index contributed by atoms with van der Waals surface area (Å²) in [5.74, 6) is 0.445. The van der Waals surface area contributed by atoms with Crippen molar-refractivity contribution in [2.45, 2.75) is 13.0 Å². The van der Waals surface area contributed by atoms with Crippen LogP contribution in [-0.4, -0.2) is 27.6 Å². The molecule has 6 nitrogen and oxygen atoms in total. The normalized spacial score (nSPS) is 11.0. The maximum Gasteiger partial charge on any atom is 0.251 e. The highest BCUT2D eigenvalue weighted by Gasteiger charge is 2.09. The Morgan fingerprint density at radius 3 is 2.65 bits per heavy atom. The zero-order valence-corrected chi connectivity index (χ0v) is 19.0. The van der Waals surface area contributed by atoms with Crippen LogP contribution in [0, 0.1) is 0 Å². The van der Waals surface area contributed by atoms with Gasteiger partial charge in [-0.1, -0.05) is 29.8 Å². The van der Waals surface area contributed by atoms with E-state index >= 15 is 0 Å². The van der Waals surface area contributed by atoms with Gasteiger partial charge in [0.05, 0.1) is 5.52 Å². The molecule has 0 aliphatic heterocycles. The van der Waals surface area contributed by atoms with Crippen molar-refractivity contribution in [1.29, 1.82) is 0 Å². The minimum Gasteiger partial charge on any atom is -0.348 e. The van der Waals surface area contributed by atoms with Crippen LogP contribution < -0.4 is 5.32 Å². The summed E-state index contributed by atoms with van der Waals surface area (Å²) in [5.41, 5.74) is 4.20. The van der Waals surface area contributed by atoms with Crippen LogP contribution in [-0.2, 0) is 13.0 Å². The second-order valence-electron chi connectivity index (χ2n) is 7.92. The number of carbonyl (C=O) groups excluding carboxylic acids is 1. The summed E-state index contributed by atoms with van der Waals surface area (Å²) < 4.78 is 0. The third-order valence-electron chi connectivity index (χ3n) is 5.58. The molecule has 0 unspecified atom stereocenters. The van der Waals surface area contributed by atoms with Gasteiger partial charge in [0, 0.05) is 58.6 Å². The number of halogens is 1. The highest BCUT2D eigenvalue weighted by atomic mass is 35.5. The van der Waals surface area contributed by atoms with Crippen molar-refractivity contribution >= 4 is 51.7 Å². The predicted molar refractivity (Wildman–Crippen MR) is 136 cm³/mol. The molecule has 1 amide bonds. The van der Waals surface area contributed by atoms with Crippen LogP contribution in [0.3, 0.4) is 0 Å². The minimum atomic E-state index is -0.154. The maximum absolute atomic E-state index is 12.8. The van der Waals surface area contributed by atoms with Gasteiger partial charge in [0.2, 0.25) is 0 Å². The maximum atomic E-state index is 12.8. The van der Waals surface area contributed by atoms with Gasteiger partial charge in [0.1, 0.15) is 0 Å². The first-order chi connectivity index (χ1) is 16.6. The number of benzene rings is 2. The summed E-state index contributed by atoms with van der Waals surface area (Å²) in [6.07, 6.45) is 5.75. The first-order valence-electron chi connectivity index (χ1n) is 10.7. The van der Waals surface area contributed by atoms with Gasteiger partial charge >= 0.3 is 0 Å². The van der Waals surface area contributed by atoms with Gasteiger partial charge in [-0.15, -0.1) is 0 Å². The average Bonchev–Trinajstić information content (AvgIpc) is 2.87. The molecule has 0 bridgehead atoms.